The fourth-order valence-electron chi connectivity index (χ4n) is 5.69. The van der Waals surface area contributed by atoms with E-state index in [0.29, 0.717) is 64.2 Å². The molecule has 1 amide bonds. The van der Waals surface area contributed by atoms with E-state index >= 15 is 0 Å². The number of nitrogens with zero attached hydrogens (tertiary/aromatic N) is 8. The summed E-state index contributed by atoms with van der Waals surface area (Å²) in [5.41, 5.74) is 2.60. The monoisotopic (exact) mass is 606 g/mol. The van der Waals surface area contributed by atoms with Crippen LogP contribution in [0.25, 0.3) is 28.0 Å². The highest BCUT2D eigenvalue weighted by Gasteiger charge is 2.38. The van der Waals surface area contributed by atoms with Crippen LogP contribution in [0.15, 0.2) is 29.5 Å². The second-order valence-electron chi connectivity index (χ2n) is 12.4. The van der Waals surface area contributed by atoms with Crippen molar-refractivity contribution in [1.82, 2.24) is 34.2 Å². The van der Waals surface area contributed by atoms with Crippen molar-refractivity contribution in [2.75, 3.05) is 31.1 Å². The Morgan fingerprint density at radius 3 is 2.65 bits per heavy atom. The van der Waals surface area contributed by atoms with Gasteiger partial charge in [0.15, 0.2) is 11.4 Å². The van der Waals surface area contributed by atoms with E-state index in [9.17, 15) is 9.59 Å². The number of hydrogen-bond acceptors (Lipinski definition) is 9. The Balaban J connectivity index is 1.59. The van der Waals surface area contributed by atoms with Crippen molar-refractivity contribution in [2.24, 2.45) is 7.05 Å². The summed E-state index contributed by atoms with van der Waals surface area (Å²) in [6.45, 7) is 12.9. The molecular formula is C30H35ClN8O4. The van der Waals surface area contributed by atoms with Crippen LogP contribution in [0.5, 0.6) is 5.75 Å². The minimum atomic E-state index is -0.621. The SMILES string of the molecule is Cc1ccnc(C(C)C)c1-n1c(=O)nc2c3c(c(Cl)c(-c4cnn(C)c4)nc31)OC[C@H]1CN(C(=O)OC(C)(C)C)CCN21. The van der Waals surface area contributed by atoms with Gasteiger partial charge in [0.2, 0.25) is 0 Å². The summed E-state index contributed by atoms with van der Waals surface area (Å²) in [6, 6.07) is 1.57. The van der Waals surface area contributed by atoms with Crippen LogP contribution >= 0.6 is 11.6 Å². The number of carbonyl (C=O) groups excluding carboxylic acids is 1. The number of anilines is 1. The maximum atomic E-state index is 14.1. The summed E-state index contributed by atoms with van der Waals surface area (Å²) in [5.74, 6) is 0.836. The third kappa shape index (κ3) is 5.07. The Kier molecular flexibility index (Phi) is 7.07. The Labute approximate surface area is 254 Å². The molecule has 43 heavy (non-hydrogen) atoms. The summed E-state index contributed by atoms with van der Waals surface area (Å²) in [4.78, 5) is 45.0. The van der Waals surface area contributed by atoms with Crippen molar-refractivity contribution in [3.05, 3.63) is 51.4 Å². The lowest BCUT2D eigenvalue weighted by Gasteiger charge is -2.41. The number of carbonyl (C=O) groups is 1. The maximum absolute atomic E-state index is 14.1. The zero-order chi connectivity index (χ0) is 30.8. The van der Waals surface area contributed by atoms with Crippen molar-refractivity contribution in [3.63, 3.8) is 0 Å². The van der Waals surface area contributed by atoms with E-state index in [1.165, 1.54) is 4.57 Å². The average molecular weight is 607 g/mol. The highest BCUT2D eigenvalue weighted by molar-refractivity contribution is 6.36. The molecule has 2 aliphatic heterocycles. The molecule has 0 N–H and O–H groups in total. The van der Waals surface area contributed by atoms with Gasteiger partial charge in [0.1, 0.15) is 28.4 Å². The maximum Gasteiger partial charge on any atom is 0.410 e. The summed E-state index contributed by atoms with van der Waals surface area (Å²) in [7, 11) is 1.81. The molecule has 0 spiro atoms. The number of ether oxygens (including phenoxy) is 2. The molecular weight excluding hydrogens is 572 g/mol. The fourth-order valence-corrected chi connectivity index (χ4v) is 5.99. The van der Waals surface area contributed by atoms with E-state index < -0.39 is 17.4 Å². The smallest absolute Gasteiger partial charge is 0.410 e. The molecule has 2 aliphatic rings. The van der Waals surface area contributed by atoms with Crippen LogP contribution < -0.4 is 15.3 Å². The quantitative estimate of drug-likeness (QED) is 0.332. The first kappa shape index (κ1) is 28.9. The number of fused-ring (bicyclic) bond motifs is 2. The third-order valence-electron chi connectivity index (χ3n) is 7.63. The standard InChI is InChI=1S/C30H35ClN8O4/c1-16(2)22-24(17(3)8-9-32-22)39-27-20-25(21(31)23(34-27)18-12-33-36(7)13-18)42-15-19-14-37(29(41)43-30(4,5)6)10-11-38(19)26(20)35-28(39)40/h8-9,12-13,16,19H,10-11,14-15H2,1-7H3/t19-/m1/s1. The first-order chi connectivity index (χ1) is 20.3. The molecule has 0 aromatic carbocycles. The fraction of sp³-hybridized carbons (Fsp3) is 0.467. The van der Waals surface area contributed by atoms with Crippen LogP contribution in [-0.4, -0.2) is 78.2 Å². The van der Waals surface area contributed by atoms with Crippen LogP contribution in [0.2, 0.25) is 5.02 Å². The summed E-state index contributed by atoms with van der Waals surface area (Å²) in [5, 5.41) is 5.13. The number of aromatic nitrogens is 6. The third-order valence-corrected chi connectivity index (χ3v) is 7.98. The van der Waals surface area contributed by atoms with E-state index in [1.807, 2.05) is 65.8 Å². The molecule has 1 fully saturated rings. The van der Waals surface area contributed by atoms with Gasteiger partial charge in [-0.15, -0.1) is 0 Å². The Hall–Kier alpha value is -4.19. The molecule has 0 radical (unpaired) electrons. The Morgan fingerprint density at radius 2 is 1.98 bits per heavy atom. The predicted molar refractivity (Wildman–Crippen MR) is 163 cm³/mol. The molecule has 4 aromatic rings. The summed E-state index contributed by atoms with van der Waals surface area (Å²) >= 11 is 7.06. The van der Waals surface area contributed by atoms with Crippen LogP contribution in [0.4, 0.5) is 10.6 Å². The van der Waals surface area contributed by atoms with Gasteiger partial charge in [0, 0.05) is 44.6 Å². The van der Waals surface area contributed by atoms with E-state index in [1.54, 1.807) is 22.0 Å². The molecule has 0 saturated carbocycles. The normalized spacial score (nSPS) is 16.7. The largest absolute Gasteiger partial charge is 0.489 e. The van der Waals surface area contributed by atoms with E-state index in [-0.39, 0.29) is 18.6 Å². The molecule has 6 rings (SSSR count). The molecule has 4 aromatic heterocycles. The van der Waals surface area contributed by atoms with Gasteiger partial charge in [0.05, 0.1) is 29.3 Å². The number of halogens is 1. The van der Waals surface area contributed by atoms with E-state index in [2.05, 4.69) is 15.1 Å². The molecule has 226 valence electrons. The summed E-state index contributed by atoms with van der Waals surface area (Å²) < 4.78 is 15.3. The van der Waals surface area contributed by atoms with Gasteiger partial charge >= 0.3 is 11.8 Å². The molecule has 12 nitrogen and oxygen atoms in total. The van der Waals surface area contributed by atoms with Gasteiger partial charge in [-0.2, -0.15) is 10.1 Å². The predicted octanol–water partition coefficient (Wildman–Crippen LogP) is 4.48. The van der Waals surface area contributed by atoms with Gasteiger partial charge in [-0.1, -0.05) is 25.4 Å². The molecule has 1 atom stereocenters. The lowest BCUT2D eigenvalue weighted by Crippen LogP contribution is -2.57. The average Bonchev–Trinajstić information content (AvgIpc) is 3.29. The number of hydrogen-bond donors (Lipinski definition) is 0. The van der Waals surface area contributed by atoms with Crippen LogP contribution in [0.3, 0.4) is 0 Å². The van der Waals surface area contributed by atoms with Gasteiger partial charge < -0.3 is 19.3 Å². The van der Waals surface area contributed by atoms with Gasteiger partial charge in [-0.3, -0.25) is 9.67 Å². The number of amides is 1. The minimum absolute atomic E-state index is 0.0262. The first-order valence-electron chi connectivity index (χ1n) is 14.3. The minimum Gasteiger partial charge on any atom is -0.489 e. The van der Waals surface area contributed by atoms with Crippen LogP contribution in [0.1, 0.15) is 51.8 Å². The second-order valence-corrected chi connectivity index (χ2v) is 12.7. The van der Waals surface area contributed by atoms with Crippen molar-refractivity contribution in [1.29, 1.82) is 0 Å². The number of piperazine rings is 1. The Bertz CT molecular complexity index is 1810. The lowest BCUT2D eigenvalue weighted by molar-refractivity contribution is 0.0202. The molecule has 1 saturated heterocycles. The Morgan fingerprint density at radius 1 is 1.21 bits per heavy atom. The van der Waals surface area contributed by atoms with Gasteiger partial charge in [0.25, 0.3) is 0 Å². The second kappa shape index (κ2) is 10.5. The molecule has 0 aliphatic carbocycles. The van der Waals surface area contributed by atoms with Crippen LogP contribution in [0, 0.1) is 6.92 Å². The van der Waals surface area contributed by atoms with E-state index in [0.717, 1.165) is 11.3 Å². The van der Waals surface area contributed by atoms with Crippen molar-refractivity contribution in [2.45, 2.75) is 59.1 Å². The van der Waals surface area contributed by atoms with Crippen molar-refractivity contribution < 1.29 is 14.3 Å². The molecule has 0 bridgehead atoms. The van der Waals surface area contributed by atoms with Crippen LogP contribution in [-0.2, 0) is 11.8 Å². The molecule has 6 heterocycles. The van der Waals surface area contributed by atoms with Gasteiger partial charge in [-0.05, 0) is 45.2 Å². The number of pyridine rings is 2. The van der Waals surface area contributed by atoms with E-state index in [4.69, 9.17) is 26.1 Å². The number of aryl methyl sites for hydroxylation is 2. The highest BCUT2D eigenvalue weighted by Crippen LogP contribution is 2.45. The highest BCUT2D eigenvalue weighted by atomic mass is 35.5. The van der Waals surface area contributed by atoms with Crippen molar-refractivity contribution in [3.8, 4) is 22.7 Å². The van der Waals surface area contributed by atoms with Gasteiger partial charge in [-0.25, -0.2) is 19.1 Å². The zero-order valence-electron chi connectivity index (χ0n) is 25.4. The lowest BCUT2D eigenvalue weighted by atomic mass is 10.0. The number of rotatable bonds is 3. The molecule has 0 unspecified atom stereocenters. The van der Waals surface area contributed by atoms with Crippen molar-refractivity contribution >= 4 is 34.5 Å². The topological polar surface area (TPSA) is 120 Å². The summed E-state index contributed by atoms with van der Waals surface area (Å²) in [6.07, 6.45) is 4.83. The zero-order valence-corrected chi connectivity index (χ0v) is 26.1. The molecule has 13 heteroatoms. The first-order valence-corrected chi connectivity index (χ1v) is 14.7.